The minimum atomic E-state index is 0.134. The molecular formula is C15H19NO. The molecule has 1 heterocycles. The van der Waals surface area contributed by atoms with Crippen LogP contribution in [0.4, 0.5) is 0 Å². The first kappa shape index (κ1) is 10.8. The van der Waals surface area contributed by atoms with Gasteiger partial charge in [0.05, 0.1) is 5.92 Å². The predicted molar refractivity (Wildman–Crippen MR) is 67.7 cm³/mol. The summed E-state index contributed by atoms with van der Waals surface area (Å²) in [6.45, 7) is 1.93. The summed E-state index contributed by atoms with van der Waals surface area (Å²) in [6.07, 6.45) is 4.80. The smallest absolute Gasteiger partial charge is 0.230 e. The van der Waals surface area contributed by atoms with Crippen molar-refractivity contribution in [1.29, 1.82) is 0 Å². The zero-order valence-corrected chi connectivity index (χ0v) is 10.1. The van der Waals surface area contributed by atoms with Crippen molar-refractivity contribution in [2.75, 3.05) is 13.1 Å². The second-order valence-electron chi connectivity index (χ2n) is 5.26. The third-order valence-corrected chi connectivity index (χ3v) is 3.94. The van der Waals surface area contributed by atoms with Crippen molar-refractivity contribution in [3.05, 3.63) is 35.9 Å². The normalized spacial score (nSPS) is 21.5. The second kappa shape index (κ2) is 4.52. The van der Waals surface area contributed by atoms with Gasteiger partial charge in [0.15, 0.2) is 0 Å². The van der Waals surface area contributed by atoms with Gasteiger partial charge in [-0.3, -0.25) is 4.79 Å². The van der Waals surface area contributed by atoms with Gasteiger partial charge in [-0.1, -0.05) is 30.3 Å². The standard InChI is InChI=1S/C15H19NO/c17-15(16-10-4-5-11-16)14(13-8-9-13)12-6-2-1-3-7-12/h1-3,6-7,13-14H,4-5,8-11H2. The number of hydrogen-bond acceptors (Lipinski definition) is 1. The lowest BCUT2D eigenvalue weighted by atomic mass is 9.93. The molecule has 1 aliphatic heterocycles. The molecule has 2 nitrogen and oxygen atoms in total. The van der Waals surface area contributed by atoms with Gasteiger partial charge in [-0.25, -0.2) is 0 Å². The summed E-state index contributed by atoms with van der Waals surface area (Å²) in [7, 11) is 0. The molecule has 0 spiro atoms. The molecular weight excluding hydrogens is 210 g/mol. The molecule has 17 heavy (non-hydrogen) atoms. The maximum atomic E-state index is 12.6. The van der Waals surface area contributed by atoms with Crippen molar-refractivity contribution in [2.45, 2.75) is 31.6 Å². The van der Waals surface area contributed by atoms with Crippen molar-refractivity contribution >= 4 is 5.91 Å². The van der Waals surface area contributed by atoms with Gasteiger partial charge in [0.2, 0.25) is 5.91 Å². The Hall–Kier alpha value is -1.31. The Morgan fingerprint density at radius 2 is 1.76 bits per heavy atom. The van der Waals surface area contributed by atoms with Crippen LogP contribution in [-0.4, -0.2) is 23.9 Å². The number of carbonyl (C=O) groups excluding carboxylic acids is 1. The summed E-state index contributed by atoms with van der Waals surface area (Å²) in [4.78, 5) is 14.6. The van der Waals surface area contributed by atoms with Gasteiger partial charge in [0, 0.05) is 13.1 Å². The third-order valence-electron chi connectivity index (χ3n) is 3.94. The summed E-state index contributed by atoms with van der Waals surface area (Å²) in [5.74, 6) is 1.11. The molecule has 1 atom stereocenters. The zero-order chi connectivity index (χ0) is 11.7. The molecule has 1 amide bonds. The van der Waals surface area contributed by atoms with Crippen LogP contribution in [0, 0.1) is 5.92 Å². The van der Waals surface area contributed by atoms with Crippen molar-refractivity contribution in [2.24, 2.45) is 5.92 Å². The van der Waals surface area contributed by atoms with Gasteiger partial charge >= 0.3 is 0 Å². The lowest BCUT2D eigenvalue weighted by molar-refractivity contribution is -0.132. The first-order chi connectivity index (χ1) is 8.36. The van der Waals surface area contributed by atoms with Crippen molar-refractivity contribution in [1.82, 2.24) is 4.90 Å². The molecule has 90 valence electrons. The molecule has 0 bridgehead atoms. The third kappa shape index (κ3) is 2.21. The van der Waals surface area contributed by atoms with Gasteiger partial charge in [-0.2, -0.15) is 0 Å². The Balaban J connectivity index is 1.82. The Labute approximate surface area is 103 Å². The van der Waals surface area contributed by atoms with Crippen LogP contribution in [0.3, 0.4) is 0 Å². The zero-order valence-electron chi connectivity index (χ0n) is 10.1. The summed E-state index contributed by atoms with van der Waals surface area (Å²) < 4.78 is 0. The molecule has 2 fully saturated rings. The summed E-state index contributed by atoms with van der Waals surface area (Å²) in [6, 6.07) is 10.3. The van der Waals surface area contributed by atoms with Crippen molar-refractivity contribution < 1.29 is 4.79 Å². The van der Waals surface area contributed by atoms with Crippen LogP contribution in [-0.2, 0) is 4.79 Å². The molecule has 0 N–H and O–H groups in total. The van der Waals surface area contributed by atoms with E-state index in [1.54, 1.807) is 0 Å². The molecule has 3 rings (SSSR count). The summed E-state index contributed by atoms with van der Waals surface area (Å²) in [5, 5.41) is 0. The molecule has 1 aliphatic carbocycles. The van der Waals surface area contributed by atoms with Gasteiger partial charge in [-0.15, -0.1) is 0 Å². The van der Waals surface area contributed by atoms with Crippen LogP contribution in [0.15, 0.2) is 30.3 Å². The first-order valence-electron chi connectivity index (χ1n) is 6.70. The Kier molecular flexibility index (Phi) is 2.87. The minimum Gasteiger partial charge on any atom is -0.342 e. The number of rotatable bonds is 3. The summed E-state index contributed by atoms with van der Waals surface area (Å²) in [5.41, 5.74) is 1.21. The highest BCUT2D eigenvalue weighted by Gasteiger charge is 2.39. The summed E-state index contributed by atoms with van der Waals surface area (Å²) >= 11 is 0. The topological polar surface area (TPSA) is 20.3 Å². The second-order valence-corrected chi connectivity index (χ2v) is 5.26. The number of carbonyl (C=O) groups is 1. The van der Waals surface area contributed by atoms with Gasteiger partial charge in [0.25, 0.3) is 0 Å². The quantitative estimate of drug-likeness (QED) is 0.780. The molecule has 0 radical (unpaired) electrons. The number of likely N-dealkylation sites (tertiary alicyclic amines) is 1. The number of benzene rings is 1. The van der Waals surface area contributed by atoms with E-state index in [0.29, 0.717) is 11.8 Å². The largest absolute Gasteiger partial charge is 0.342 e. The SMILES string of the molecule is O=C(C(c1ccccc1)C1CC1)N1CCCC1. The number of amides is 1. The van der Waals surface area contributed by atoms with Gasteiger partial charge in [-0.05, 0) is 37.2 Å². The Bertz CT molecular complexity index is 391. The Morgan fingerprint density at radius 1 is 1.12 bits per heavy atom. The van der Waals surface area contributed by atoms with E-state index in [0.717, 1.165) is 13.1 Å². The van der Waals surface area contributed by atoms with E-state index in [9.17, 15) is 4.79 Å². The van der Waals surface area contributed by atoms with Crippen LogP contribution in [0.2, 0.25) is 0 Å². The highest BCUT2D eigenvalue weighted by molar-refractivity contribution is 5.84. The first-order valence-corrected chi connectivity index (χ1v) is 6.70. The van der Waals surface area contributed by atoms with Gasteiger partial charge in [0.1, 0.15) is 0 Å². The molecule has 1 aromatic rings. The van der Waals surface area contributed by atoms with Crippen molar-refractivity contribution in [3.63, 3.8) is 0 Å². The van der Waals surface area contributed by atoms with E-state index >= 15 is 0 Å². The molecule has 1 unspecified atom stereocenters. The average Bonchev–Trinajstić information content (AvgIpc) is 3.04. The monoisotopic (exact) mass is 229 g/mol. The molecule has 2 heteroatoms. The van der Waals surface area contributed by atoms with Crippen LogP contribution in [0.1, 0.15) is 37.2 Å². The van der Waals surface area contributed by atoms with E-state index in [-0.39, 0.29) is 5.92 Å². The van der Waals surface area contributed by atoms with E-state index < -0.39 is 0 Å². The molecule has 1 saturated carbocycles. The highest BCUT2D eigenvalue weighted by atomic mass is 16.2. The Morgan fingerprint density at radius 3 is 2.35 bits per heavy atom. The average molecular weight is 229 g/mol. The van der Waals surface area contributed by atoms with Crippen LogP contribution in [0.5, 0.6) is 0 Å². The highest BCUT2D eigenvalue weighted by Crippen LogP contribution is 2.43. The molecule has 1 aromatic carbocycles. The fourth-order valence-corrected chi connectivity index (χ4v) is 2.84. The molecule has 0 aromatic heterocycles. The van der Waals surface area contributed by atoms with E-state index in [4.69, 9.17) is 0 Å². The van der Waals surface area contributed by atoms with Crippen molar-refractivity contribution in [3.8, 4) is 0 Å². The lowest BCUT2D eigenvalue weighted by Gasteiger charge is -2.23. The van der Waals surface area contributed by atoms with E-state index in [1.165, 1.54) is 31.2 Å². The van der Waals surface area contributed by atoms with Crippen LogP contribution >= 0.6 is 0 Å². The van der Waals surface area contributed by atoms with E-state index in [1.807, 2.05) is 18.2 Å². The maximum absolute atomic E-state index is 12.6. The predicted octanol–water partition coefficient (Wildman–Crippen LogP) is 2.80. The molecule has 2 aliphatic rings. The molecule has 1 saturated heterocycles. The minimum absolute atomic E-state index is 0.134. The fraction of sp³-hybridized carbons (Fsp3) is 0.533. The lowest BCUT2D eigenvalue weighted by Crippen LogP contribution is -2.33. The number of hydrogen-bond donors (Lipinski definition) is 0. The van der Waals surface area contributed by atoms with E-state index in [2.05, 4.69) is 17.0 Å². The van der Waals surface area contributed by atoms with Crippen LogP contribution < -0.4 is 0 Å². The number of nitrogens with zero attached hydrogens (tertiary/aromatic N) is 1. The maximum Gasteiger partial charge on any atom is 0.230 e. The van der Waals surface area contributed by atoms with Crippen LogP contribution in [0.25, 0.3) is 0 Å². The van der Waals surface area contributed by atoms with Gasteiger partial charge < -0.3 is 4.90 Å². The fourth-order valence-electron chi connectivity index (χ4n) is 2.84.